The van der Waals surface area contributed by atoms with Crippen LogP contribution in [0.15, 0.2) is 0 Å². The first-order chi connectivity index (χ1) is 10.1. The van der Waals surface area contributed by atoms with Crippen LogP contribution in [0.5, 0.6) is 0 Å². The van der Waals surface area contributed by atoms with Gasteiger partial charge >= 0.3 is 12.0 Å². The average Bonchev–Trinajstić information content (AvgIpc) is 2.73. The molecule has 0 radical (unpaired) electrons. The largest absolute Gasteiger partial charge is 0.480 e. The SMILES string of the molecule is O=C(NC1(C(=O)O)CCCCCC1)N1CCCCC1CO. The van der Waals surface area contributed by atoms with Crippen LogP contribution in [0, 0.1) is 0 Å². The summed E-state index contributed by atoms with van der Waals surface area (Å²) in [6.45, 7) is 0.528. The average molecular weight is 298 g/mol. The van der Waals surface area contributed by atoms with Crippen LogP contribution in [0.2, 0.25) is 0 Å². The molecule has 3 N–H and O–H groups in total. The van der Waals surface area contributed by atoms with Crippen LogP contribution in [0.4, 0.5) is 4.79 Å². The highest BCUT2D eigenvalue weighted by molar-refractivity contribution is 5.86. The van der Waals surface area contributed by atoms with Crippen molar-refractivity contribution in [1.29, 1.82) is 0 Å². The number of amides is 2. The highest BCUT2D eigenvalue weighted by Gasteiger charge is 2.41. The van der Waals surface area contributed by atoms with Gasteiger partial charge in [-0.1, -0.05) is 25.7 Å². The number of hydrogen-bond donors (Lipinski definition) is 3. The summed E-state index contributed by atoms with van der Waals surface area (Å²) in [4.78, 5) is 25.8. The van der Waals surface area contributed by atoms with E-state index in [0.717, 1.165) is 44.9 Å². The van der Waals surface area contributed by atoms with E-state index in [-0.39, 0.29) is 18.7 Å². The third-order valence-corrected chi connectivity index (χ3v) is 4.81. The lowest BCUT2D eigenvalue weighted by molar-refractivity contribution is -0.145. The first-order valence-corrected chi connectivity index (χ1v) is 8.02. The summed E-state index contributed by atoms with van der Waals surface area (Å²) in [5.74, 6) is -0.935. The Balaban J connectivity index is 2.08. The minimum Gasteiger partial charge on any atom is -0.480 e. The van der Waals surface area contributed by atoms with Crippen molar-refractivity contribution in [3.63, 3.8) is 0 Å². The fourth-order valence-corrected chi connectivity index (χ4v) is 3.46. The molecule has 1 atom stereocenters. The molecule has 0 bridgehead atoms. The number of piperidine rings is 1. The molecule has 1 saturated carbocycles. The topological polar surface area (TPSA) is 89.9 Å². The summed E-state index contributed by atoms with van der Waals surface area (Å²) < 4.78 is 0. The zero-order valence-electron chi connectivity index (χ0n) is 12.5. The summed E-state index contributed by atoms with van der Waals surface area (Å²) >= 11 is 0. The minimum atomic E-state index is -1.13. The van der Waals surface area contributed by atoms with E-state index in [4.69, 9.17) is 0 Å². The first-order valence-electron chi connectivity index (χ1n) is 8.02. The molecule has 2 fully saturated rings. The number of aliphatic hydroxyl groups excluding tert-OH is 1. The molecule has 0 spiro atoms. The summed E-state index contributed by atoms with van der Waals surface area (Å²) in [5.41, 5.74) is -1.13. The predicted octanol–water partition coefficient (Wildman–Crippen LogP) is 1.72. The number of hydrogen-bond acceptors (Lipinski definition) is 3. The summed E-state index contributed by atoms with van der Waals surface area (Å²) in [6, 6.07) is -0.520. The Kier molecular flexibility index (Phi) is 5.45. The lowest BCUT2D eigenvalue weighted by atomic mass is 9.90. The third-order valence-electron chi connectivity index (χ3n) is 4.81. The van der Waals surface area contributed by atoms with E-state index in [9.17, 15) is 19.8 Å². The maximum atomic E-state index is 12.5. The van der Waals surface area contributed by atoms with E-state index in [1.165, 1.54) is 0 Å². The number of carbonyl (C=O) groups is 2. The highest BCUT2D eigenvalue weighted by atomic mass is 16.4. The van der Waals surface area contributed by atoms with Gasteiger partial charge in [-0.15, -0.1) is 0 Å². The molecule has 0 aromatic carbocycles. The number of likely N-dealkylation sites (tertiary alicyclic amines) is 1. The van der Waals surface area contributed by atoms with E-state index in [1.807, 2.05) is 0 Å². The van der Waals surface area contributed by atoms with Crippen LogP contribution in [-0.2, 0) is 4.79 Å². The monoisotopic (exact) mass is 298 g/mol. The van der Waals surface area contributed by atoms with Gasteiger partial charge in [-0.2, -0.15) is 0 Å². The number of aliphatic hydroxyl groups is 1. The van der Waals surface area contributed by atoms with E-state index in [0.29, 0.717) is 19.4 Å². The maximum absolute atomic E-state index is 12.5. The fourth-order valence-electron chi connectivity index (χ4n) is 3.46. The van der Waals surface area contributed by atoms with Gasteiger partial charge in [0.05, 0.1) is 12.6 Å². The van der Waals surface area contributed by atoms with Gasteiger partial charge in [-0.25, -0.2) is 9.59 Å². The molecule has 1 heterocycles. The number of nitrogens with zero attached hydrogens (tertiary/aromatic N) is 1. The molecule has 0 aromatic heterocycles. The Bertz CT molecular complexity index is 378. The van der Waals surface area contributed by atoms with Gasteiger partial charge in [0, 0.05) is 6.54 Å². The zero-order chi connectivity index (χ0) is 15.3. The molecule has 21 heavy (non-hydrogen) atoms. The molecular weight excluding hydrogens is 272 g/mol. The van der Waals surface area contributed by atoms with Gasteiger partial charge in [-0.3, -0.25) is 0 Å². The predicted molar refractivity (Wildman–Crippen MR) is 78.0 cm³/mol. The summed E-state index contributed by atoms with van der Waals surface area (Å²) in [7, 11) is 0. The lowest BCUT2D eigenvalue weighted by Crippen LogP contribution is -2.60. The van der Waals surface area contributed by atoms with Crippen molar-refractivity contribution in [3.8, 4) is 0 Å². The van der Waals surface area contributed by atoms with Crippen LogP contribution in [0.1, 0.15) is 57.8 Å². The normalized spacial score (nSPS) is 26.0. The quantitative estimate of drug-likeness (QED) is 0.692. The number of rotatable bonds is 3. The lowest BCUT2D eigenvalue weighted by Gasteiger charge is -2.38. The number of urea groups is 1. The van der Waals surface area contributed by atoms with Gasteiger partial charge in [-0.05, 0) is 32.1 Å². The molecule has 2 aliphatic rings. The molecule has 6 heteroatoms. The molecule has 2 rings (SSSR count). The van der Waals surface area contributed by atoms with Gasteiger partial charge < -0.3 is 20.4 Å². The van der Waals surface area contributed by atoms with Crippen molar-refractivity contribution in [2.45, 2.75) is 69.4 Å². The van der Waals surface area contributed by atoms with Crippen molar-refractivity contribution in [2.24, 2.45) is 0 Å². The molecule has 2 amide bonds. The highest BCUT2D eigenvalue weighted by Crippen LogP contribution is 2.28. The van der Waals surface area contributed by atoms with Crippen molar-refractivity contribution >= 4 is 12.0 Å². The Labute approximate surface area is 125 Å². The fraction of sp³-hybridized carbons (Fsp3) is 0.867. The van der Waals surface area contributed by atoms with Crippen LogP contribution in [0.25, 0.3) is 0 Å². The number of aliphatic carboxylic acids is 1. The second-order valence-corrected chi connectivity index (χ2v) is 6.26. The minimum absolute atomic E-state index is 0.0620. The van der Waals surface area contributed by atoms with Gasteiger partial charge in [0.25, 0.3) is 0 Å². The molecule has 1 unspecified atom stereocenters. The zero-order valence-corrected chi connectivity index (χ0v) is 12.5. The van der Waals surface area contributed by atoms with Crippen LogP contribution < -0.4 is 5.32 Å². The van der Waals surface area contributed by atoms with Crippen molar-refractivity contribution in [1.82, 2.24) is 10.2 Å². The molecule has 1 aliphatic carbocycles. The van der Waals surface area contributed by atoms with Gasteiger partial charge in [0.1, 0.15) is 5.54 Å². The Hall–Kier alpha value is -1.30. The molecule has 6 nitrogen and oxygen atoms in total. The molecular formula is C15H26N2O4. The third kappa shape index (κ3) is 3.67. The van der Waals surface area contributed by atoms with E-state index in [1.54, 1.807) is 4.90 Å². The smallest absolute Gasteiger partial charge is 0.329 e. The Morgan fingerprint density at radius 2 is 1.76 bits per heavy atom. The number of carboxylic acids is 1. The first kappa shape index (κ1) is 16.1. The molecule has 1 aliphatic heterocycles. The summed E-state index contributed by atoms with van der Waals surface area (Å²) in [6.07, 6.45) is 7.37. The van der Waals surface area contributed by atoms with E-state index >= 15 is 0 Å². The Morgan fingerprint density at radius 1 is 1.10 bits per heavy atom. The van der Waals surface area contributed by atoms with Crippen molar-refractivity contribution in [3.05, 3.63) is 0 Å². The maximum Gasteiger partial charge on any atom is 0.329 e. The van der Waals surface area contributed by atoms with Gasteiger partial charge in [0.15, 0.2) is 0 Å². The van der Waals surface area contributed by atoms with Crippen molar-refractivity contribution in [2.75, 3.05) is 13.2 Å². The number of nitrogens with one attached hydrogen (secondary N) is 1. The number of carboxylic acid groups (broad SMARTS) is 1. The molecule has 1 saturated heterocycles. The molecule has 0 aromatic rings. The van der Waals surface area contributed by atoms with Crippen LogP contribution >= 0.6 is 0 Å². The van der Waals surface area contributed by atoms with Crippen LogP contribution in [-0.4, -0.2) is 51.8 Å². The van der Waals surface area contributed by atoms with Crippen LogP contribution in [0.3, 0.4) is 0 Å². The van der Waals surface area contributed by atoms with Crippen molar-refractivity contribution < 1.29 is 19.8 Å². The Morgan fingerprint density at radius 3 is 2.33 bits per heavy atom. The summed E-state index contributed by atoms with van der Waals surface area (Å²) in [5, 5.41) is 21.8. The second-order valence-electron chi connectivity index (χ2n) is 6.26. The number of carbonyl (C=O) groups excluding carboxylic acids is 1. The molecule has 120 valence electrons. The standard InChI is InChI=1S/C15H26N2O4/c18-11-12-7-3-6-10-17(12)14(21)16-15(13(19)20)8-4-1-2-5-9-15/h12,18H,1-11H2,(H,16,21)(H,19,20). The second kappa shape index (κ2) is 7.11. The van der Waals surface area contributed by atoms with E-state index < -0.39 is 11.5 Å². The van der Waals surface area contributed by atoms with Gasteiger partial charge in [0.2, 0.25) is 0 Å². The van der Waals surface area contributed by atoms with E-state index in [2.05, 4.69) is 5.32 Å².